The Morgan fingerprint density at radius 2 is 2.06 bits per heavy atom. The van der Waals surface area contributed by atoms with Gasteiger partial charge in [0.25, 0.3) is 0 Å². The first-order valence-electron chi connectivity index (χ1n) is 5.75. The van der Waals surface area contributed by atoms with E-state index in [1.54, 1.807) is 6.20 Å². The molecule has 0 unspecified atom stereocenters. The normalized spacial score (nSPS) is 16.2. The topological polar surface area (TPSA) is 36.4 Å². The second-order valence-corrected chi connectivity index (χ2v) is 3.91. The first-order valence-corrected chi connectivity index (χ1v) is 5.75. The third-order valence-corrected chi connectivity index (χ3v) is 2.91. The number of rotatable bonds is 2. The van der Waals surface area contributed by atoms with Crippen LogP contribution in [0, 0.1) is 0 Å². The SMILES string of the molecule is BCC(=O)N1CCN(c2ccccn2)CC1. The number of amides is 1. The molecule has 1 fully saturated rings. The Hall–Kier alpha value is -1.52. The summed E-state index contributed by atoms with van der Waals surface area (Å²) in [6.45, 7) is 3.37. The van der Waals surface area contributed by atoms with Crippen molar-refractivity contribution >= 4 is 19.6 Å². The van der Waals surface area contributed by atoms with Crippen LogP contribution < -0.4 is 4.90 Å². The number of piperazine rings is 1. The number of carbonyl (C=O) groups excluding carboxylic acids is 1. The van der Waals surface area contributed by atoms with Crippen LogP contribution in [-0.4, -0.2) is 49.8 Å². The highest BCUT2D eigenvalue weighted by atomic mass is 16.2. The van der Waals surface area contributed by atoms with Crippen LogP contribution in [0.2, 0.25) is 6.32 Å². The van der Waals surface area contributed by atoms with Gasteiger partial charge in [0, 0.05) is 32.4 Å². The van der Waals surface area contributed by atoms with E-state index >= 15 is 0 Å². The van der Waals surface area contributed by atoms with Crippen LogP contribution in [0.4, 0.5) is 5.82 Å². The van der Waals surface area contributed by atoms with Gasteiger partial charge in [-0.05, 0) is 18.5 Å². The maximum absolute atomic E-state index is 11.5. The van der Waals surface area contributed by atoms with Crippen molar-refractivity contribution in [3.8, 4) is 0 Å². The maximum atomic E-state index is 11.5. The fourth-order valence-electron chi connectivity index (χ4n) is 1.95. The summed E-state index contributed by atoms with van der Waals surface area (Å²) >= 11 is 0. The van der Waals surface area contributed by atoms with Crippen molar-refractivity contribution in [3.63, 3.8) is 0 Å². The molecule has 0 radical (unpaired) electrons. The van der Waals surface area contributed by atoms with Crippen molar-refractivity contribution in [3.05, 3.63) is 24.4 Å². The highest BCUT2D eigenvalue weighted by molar-refractivity contribution is 6.19. The minimum Gasteiger partial charge on any atom is -0.353 e. The van der Waals surface area contributed by atoms with E-state index in [0.29, 0.717) is 6.32 Å². The summed E-state index contributed by atoms with van der Waals surface area (Å²) in [6, 6.07) is 5.92. The Morgan fingerprint density at radius 1 is 1.31 bits per heavy atom. The molecule has 16 heavy (non-hydrogen) atoms. The molecule has 0 atom stereocenters. The lowest BCUT2D eigenvalue weighted by molar-refractivity contribution is -0.129. The summed E-state index contributed by atoms with van der Waals surface area (Å²) in [6.07, 6.45) is 2.41. The molecular formula is C11H16BN3O. The quantitative estimate of drug-likeness (QED) is 0.642. The third-order valence-electron chi connectivity index (χ3n) is 2.91. The number of hydrogen-bond donors (Lipinski definition) is 0. The minimum atomic E-state index is 0.251. The molecule has 0 N–H and O–H groups in total. The molecule has 1 amide bonds. The lowest BCUT2D eigenvalue weighted by atomic mass is 10.0. The number of hydrogen-bond acceptors (Lipinski definition) is 3. The number of carbonyl (C=O) groups is 1. The van der Waals surface area contributed by atoms with E-state index in [9.17, 15) is 4.79 Å². The van der Waals surface area contributed by atoms with Gasteiger partial charge >= 0.3 is 0 Å². The molecular weight excluding hydrogens is 201 g/mol. The Morgan fingerprint density at radius 3 is 2.62 bits per heavy atom. The second kappa shape index (κ2) is 5.01. The highest BCUT2D eigenvalue weighted by Crippen LogP contribution is 2.12. The van der Waals surface area contributed by atoms with E-state index in [1.165, 1.54) is 0 Å². The van der Waals surface area contributed by atoms with Gasteiger partial charge in [0.15, 0.2) is 0 Å². The van der Waals surface area contributed by atoms with Gasteiger partial charge in [-0.1, -0.05) is 6.07 Å². The Kier molecular flexibility index (Phi) is 3.44. The first-order chi connectivity index (χ1) is 7.81. The molecule has 5 heteroatoms. The van der Waals surface area contributed by atoms with Gasteiger partial charge < -0.3 is 9.80 Å². The molecule has 1 aliphatic rings. The van der Waals surface area contributed by atoms with Crippen molar-refractivity contribution in [2.75, 3.05) is 31.1 Å². The van der Waals surface area contributed by atoms with E-state index in [0.717, 1.165) is 32.0 Å². The number of pyridine rings is 1. The molecule has 84 valence electrons. The smallest absolute Gasteiger partial charge is 0.214 e. The van der Waals surface area contributed by atoms with Gasteiger partial charge in [0.2, 0.25) is 5.91 Å². The molecule has 0 bridgehead atoms. The van der Waals surface area contributed by atoms with Crippen LogP contribution in [0.5, 0.6) is 0 Å². The van der Waals surface area contributed by atoms with Gasteiger partial charge in [0.05, 0.1) is 0 Å². The molecule has 1 aromatic rings. The number of anilines is 1. The summed E-state index contributed by atoms with van der Waals surface area (Å²) in [5, 5.41) is 0. The van der Waals surface area contributed by atoms with Crippen LogP contribution in [-0.2, 0) is 4.79 Å². The number of aromatic nitrogens is 1. The summed E-state index contributed by atoms with van der Waals surface area (Å²) < 4.78 is 0. The average molecular weight is 217 g/mol. The Balaban J connectivity index is 1.93. The van der Waals surface area contributed by atoms with Crippen molar-refractivity contribution in [1.29, 1.82) is 0 Å². The molecule has 1 saturated heterocycles. The zero-order chi connectivity index (χ0) is 11.4. The van der Waals surface area contributed by atoms with E-state index in [2.05, 4.69) is 9.88 Å². The molecule has 0 spiro atoms. The van der Waals surface area contributed by atoms with E-state index in [4.69, 9.17) is 0 Å². The largest absolute Gasteiger partial charge is 0.353 e. The zero-order valence-corrected chi connectivity index (χ0v) is 9.59. The van der Waals surface area contributed by atoms with Gasteiger partial charge in [0.1, 0.15) is 13.7 Å². The molecule has 0 saturated carbocycles. The second-order valence-electron chi connectivity index (χ2n) is 3.91. The van der Waals surface area contributed by atoms with Crippen LogP contribution in [0.25, 0.3) is 0 Å². The van der Waals surface area contributed by atoms with Gasteiger partial charge in [-0.2, -0.15) is 0 Å². The predicted molar refractivity (Wildman–Crippen MR) is 66.4 cm³/mol. The third kappa shape index (κ3) is 2.35. The van der Waals surface area contributed by atoms with Crippen LogP contribution in [0.3, 0.4) is 0 Å². The molecule has 1 aliphatic heterocycles. The van der Waals surface area contributed by atoms with Crippen molar-refractivity contribution in [2.24, 2.45) is 0 Å². The van der Waals surface area contributed by atoms with E-state index in [1.807, 2.05) is 30.9 Å². The summed E-state index contributed by atoms with van der Waals surface area (Å²) in [5.74, 6) is 1.26. The molecule has 0 aliphatic carbocycles. The number of nitrogens with zero attached hydrogens (tertiary/aromatic N) is 3. The van der Waals surface area contributed by atoms with Crippen molar-refractivity contribution in [2.45, 2.75) is 6.32 Å². The van der Waals surface area contributed by atoms with Crippen molar-refractivity contribution in [1.82, 2.24) is 9.88 Å². The first kappa shape index (κ1) is 11.0. The average Bonchev–Trinajstić information content (AvgIpc) is 2.39. The van der Waals surface area contributed by atoms with Crippen LogP contribution in [0.1, 0.15) is 0 Å². The molecule has 2 heterocycles. The molecule has 4 nitrogen and oxygen atoms in total. The summed E-state index contributed by atoms with van der Waals surface area (Å²) in [7, 11) is 1.91. The lowest BCUT2D eigenvalue weighted by Crippen LogP contribution is -2.48. The minimum absolute atomic E-state index is 0.251. The maximum Gasteiger partial charge on any atom is 0.214 e. The summed E-state index contributed by atoms with van der Waals surface area (Å²) in [4.78, 5) is 20.0. The van der Waals surface area contributed by atoms with E-state index in [-0.39, 0.29) is 5.91 Å². The lowest BCUT2D eigenvalue weighted by Gasteiger charge is -2.35. The fraction of sp³-hybridized carbons (Fsp3) is 0.455. The molecule has 2 rings (SSSR count). The predicted octanol–water partition coefficient (Wildman–Crippen LogP) is -0.218. The molecule has 0 aromatic carbocycles. The van der Waals surface area contributed by atoms with Crippen LogP contribution >= 0.6 is 0 Å². The fourth-order valence-corrected chi connectivity index (χ4v) is 1.95. The van der Waals surface area contributed by atoms with E-state index < -0.39 is 0 Å². The van der Waals surface area contributed by atoms with Gasteiger partial charge in [-0.15, -0.1) is 0 Å². The monoisotopic (exact) mass is 217 g/mol. The van der Waals surface area contributed by atoms with Gasteiger partial charge in [-0.25, -0.2) is 4.98 Å². The molecule has 1 aromatic heterocycles. The van der Waals surface area contributed by atoms with Crippen molar-refractivity contribution < 1.29 is 4.79 Å². The zero-order valence-electron chi connectivity index (χ0n) is 9.59. The Labute approximate surface area is 96.7 Å². The van der Waals surface area contributed by atoms with Gasteiger partial charge in [-0.3, -0.25) is 4.79 Å². The summed E-state index contributed by atoms with van der Waals surface area (Å²) in [5.41, 5.74) is 0. The standard InChI is InChI=1S/C11H16BN3O/c12-9-11(16)15-7-5-14(6-8-15)10-3-1-2-4-13-10/h1-4H,5-9,12H2. The van der Waals surface area contributed by atoms with Crippen LogP contribution in [0.15, 0.2) is 24.4 Å². The Bertz CT molecular complexity index is 350. The highest BCUT2D eigenvalue weighted by Gasteiger charge is 2.20.